The Morgan fingerprint density at radius 1 is 0.519 bits per heavy atom. The maximum atomic E-state index is 11.6. The molecule has 0 unspecified atom stereocenters. The van der Waals surface area contributed by atoms with Gasteiger partial charge in [-0.3, -0.25) is 19.2 Å². The summed E-state index contributed by atoms with van der Waals surface area (Å²) in [7, 11) is 0. The molecule has 2 saturated carbocycles. The molecule has 2 fully saturated rings. The van der Waals surface area contributed by atoms with Crippen molar-refractivity contribution < 1.29 is 34.2 Å². The van der Waals surface area contributed by atoms with E-state index in [0.29, 0.717) is 23.0 Å². The number of rotatable bonds is 12. The maximum Gasteiger partial charge on any atom is 0.307 e. The van der Waals surface area contributed by atoms with Crippen LogP contribution in [0.4, 0.5) is 0 Å². The molecule has 0 spiro atoms. The largest absolute Gasteiger partial charge is 0.481 e. The van der Waals surface area contributed by atoms with E-state index in [1.54, 1.807) is 50.2 Å². The summed E-state index contributed by atoms with van der Waals surface area (Å²) in [5.41, 5.74) is 5.09. The topological polar surface area (TPSA) is 126 Å². The van der Waals surface area contributed by atoms with Crippen molar-refractivity contribution in [3.05, 3.63) is 143 Å². The van der Waals surface area contributed by atoms with Gasteiger partial charge in [-0.2, -0.15) is 0 Å². The Bertz CT molecular complexity index is 1580. The highest BCUT2D eigenvalue weighted by molar-refractivity contribution is 5.99. The molecule has 4 aromatic carbocycles. The molecule has 54 heavy (non-hydrogen) atoms. The highest BCUT2D eigenvalue weighted by Gasteiger charge is 2.30. The highest BCUT2D eigenvalue weighted by atomic mass is 16.4. The zero-order chi connectivity index (χ0) is 40.1. The van der Waals surface area contributed by atoms with Gasteiger partial charge in [-0.15, -0.1) is 0 Å². The van der Waals surface area contributed by atoms with Crippen molar-refractivity contribution in [3.63, 3.8) is 0 Å². The van der Waals surface area contributed by atoms with Crippen LogP contribution < -0.4 is 0 Å². The van der Waals surface area contributed by atoms with Crippen LogP contribution in [0.25, 0.3) is 0 Å². The molecule has 6 rings (SSSR count). The summed E-state index contributed by atoms with van der Waals surface area (Å²) in [5, 5.41) is 16.9. The van der Waals surface area contributed by atoms with Crippen LogP contribution >= 0.6 is 0 Å². The molecule has 0 aliphatic heterocycles. The lowest BCUT2D eigenvalue weighted by Crippen LogP contribution is -2.03. The van der Waals surface area contributed by atoms with Crippen molar-refractivity contribution in [1.82, 2.24) is 0 Å². The van der Waals surface area contributed by atoms with Crippen LogP contribution in [0.1, 0.15) is 112 Å². The smallest absolute Gasteiger partial charge is 0.307 e. The Kier molecular flexibility index (Phi) is 24.6. The molecule has 0 aromatic heterocycles. The van der Waals surface area contributed by atoms with Gasteiger partial charge in [-0.05, 0) is 81.0 Å². The van der Waals surface area contributed by atoms with Crippen molar-refractivity contribution in [2.75, 3.05) is 0 Å². The van der Waals surface area contributed by atoms with Gasteiger partial charge in [-0.1, -0.05) is 142 Å². The summed E-state index contributed by atoms with van der Waals surface area (Å²) in [6.07, 6.45) is 9.63. The van der Waals surface area contributed by atoms with Gasteiger partial charge in [0.25, 0.3) is 0 Å². The van der Waals surface area contributed by atoms with Gasteiger partial charge in [-0.25, -0.2) is 0 Å². The van der Waals surface area contributed by atoms with E-state index in [-0.39, 0.29) is 24.5 Å². The first-order valence-electron chi connectivity index (χ1n) is 19.1. The molecule has 0 saturated heterocycles. The minimum absolute atomic E-state index is 0.0118. The Balaban J connectivity index is 0.000000334. The zero-order valence-electron chi connectivity index (χ0n) is 32.8. The zero-order valence-corrected chi connectivity index (χ0v) is 32.8. The predicted octanol–water partition coefficient (Wildman–Crippen LogP) is 10.5. The van der Waals surface area contributed by atoms with Crippen molar-refractivity contribution in [2.45, 2.75) is 105 Å². The van der Waals surface area contributed by atoms with E-state index in [0.717, 1.165) is 68.9 Å². The third kappa shape index (κ3) is 24.9. The molecule has 7 nitrogen and oxygen atoms in total. The van der Waals surface area contributed by atoms with Gasteiger partial charge in [0.05, 0.1) is 12.8 Å². The molecule has 0 bridgehead atoms. The van der Waals surface area contributed by atoms with Gasteiger partial charge >= 0.3 is 11.9 Å². The molecule has 7 heteroatoms. The number of ketones is 3. The molecule has 4 aromatic rings. The summed E-state index contributed by atoms with van der Waals surface area (Å²) in [6, 6.07) is 36.9. The normalized spacial score (nSPS) is 12.0. The van der Waals surface area contributed by atoms with E-state index >= 15 is 0 Å². The number of aliphatic carboxylic acids is 2. The second-order valence-electron chi connectivity index (χ2n) is 13.3. The van der Waals surface area contributed by atoms with Crippen LogP contribution in [0, 0.1) is 11.8 Å². The van der Waals surface area contributed by atoms with E-state index in [2.05, 4.69) is 69.3 Å². The molecule has 0 heterocycles. The number of Topliss-reactive ketones (excluding diaryl/α,β-unsaturated/α-hetero) is 3. The fraction of sp³-hybridized carbons (Fsp3) is 0.383. The number of benzene rings is 4. The number of hydrogen-bond acceptors (Lipinski definition) is 5. The lowest BCUT2D eigenvalue weighted by molar-refractivity contribution is -0.137. The van der Waals surface area contributed by atoms with Gasteiger partial charge in [0, 0.05) is 23.8 Å². The minimum Gasteiger partial charge on any atom is -0.481 e. The van der Waals surface area contributed by atoms with Gasteiger partial charge in [0.15, 0.2) is 5.78 Å². The molecule has 2 N–H and O–H groups in total. The first kappa shape index (κ1) is 46.9. The van der Waals surface area contributed by atoms with E-state index < -0.39 is 11.9 Å². The highest BCUT2D eigenvalue weighted by Crippen LogP contribution is 2.32. The van der Waals surface area contributed by atoms with Crippen LogP contribution in [0.2, 0.25) is 0 Å². The Morgan fingerprint density at radius 2 is 0.889 bits per heavy atom. The van der Waals surface area contributed by atoms with Crippen LogP contribution in [0.3, 0.4) is 0 Å². The summed E-state index contributed by atoms with van der Waals surface area (Å²) in [5.74, 6) is -0.0866. The van der Waals surface area contributed by atoms with Crippen LogP contribution in [-0.4, -0.2) is 39.5 Å². The number of unbranched alkanes of at least 4 members (excludes halogenated alkanes) is 1. The average Bonchev–Trinajstić information content (AvgIpc) is 4.10. The Hall–Kier alpha value is -5.17. The molecule has 2 aliphatic rings. The summed E-state index contributed by atoms with van der Waals surface area (Å²) < 4.78 is 0. The number of hydrogen-bond donors (Lipinski definition) is 2. The van der Waals surface area contributed by atoms with Crippen molar-refractivity contribution in [1.29, 1.82) is 0 Å². The third-order valence-electron chi connectivity index (χ3n) is 8.28. The number of carboxylic acids is 2. The standard InChI is InChI=1S/C12H12O3.C8H8O2.2C8H10.C6H12O.C5H8O/c13-11(14)7-8-1-3-9(4-2-8)12(15)10-5-6-10;9-8(10)6-7-4-2-1-3-5-7;2*1-2-8-6-4-3-5-7-8;1-3-4-5-6(2)7;1-4(6)5-2-3-5/h1-4,10H,5-7H2,(H,13,14);1-5H,6H2,(H,9,10);2*3-7H,2H2,1H3;3-5H2,1-2H3;5H,2-3H2,1H3. The van der Waals surface area contributed by atoms with Gasteiger partial charge in [0.1, 0.15) is 11.6 Å². The van der Waals surface area contributed by atoms with Crippen LogP contribution in [-0.2, 0) is 44.9 Å². The van der Waals surface area contributed by atoms with E-state index in [1.807, 2.05) is 30.3 Å². The second-order valence-corrected chi connectivity index (χ2v) is 13.3. The lowest BCUT2D eigenvalue weighted by atomic mass is 10.0. The number of carbonyl (C=O) groups excluding carboxylic acids is 3. The average molecular weight is 737 g/mol. The fourth-order valence-corrected chi connectivity index (χ4v) is 4.66. The fourth-order valence-electron chi connectivity index (χ4n) is 4.66. The molecule has 290 valence electrons. The van der Waals surface area contributed by atoms with E-state index in [9.17, 15) is 24.0 Å². The quantitative estimate of drug-likeness (QED) is 0.139. The molecule has 0 amide bonds. The molecular formula is C47H60O7. The second kappa shape index (κ2) is 28.3. The Labute approximate surface area is 322 Å². The lowest BCUT2D eigenvalue weighted by Gasteiger charge is -2.00. The first-order valence-corrected chi connectivity index (χ1v) is 19.1. The third-order valence-corrected chi connectivity index (χ3v) is 8.28. The van der Waals surface area contributed by atoms with Crippen LogP contribution in [0.15, 0.2) is 115 Å². The number of aryl methyl sites for hydroxylation is 2. The maximum absolute atomic E-state index is 11.6. The van der Waals surface area contributed by atoms with E-state index in [4.69, 9.17) is 10.2 Å². The summed E-state index contributed by atoms with van der Waals surface area (Å²) in [6.45, 7) is 9.71. The Morgan fingerprint density at radius 3 is 1.13 bits per heavy atom. The number of carboxylic acid groups (broad SMARTS) is 2. The minimum atomic E-state index is -0.851. The van der Waals surface area contributed by atoms with Crippen LogP contribution in [0.5, 0.6) is 0 Å². The van der Waals surface area contributed by atoms with Gasteiger partial charge < -0.3 is 15.0 Å². The molecular weight excluding hydrogens is 677 g/mol. The van der Waals surface area contributed by atoms with Crippen molar-refractivity contribution in [2.24, 2.45) is 11.8 Å². The summed E-state index contributed by atoms with van der Waals surface area (Å²) >= 11 is 0. The van der Waals surface area contributed by atoms with Crippen molar-refractivity contribution >= 4 is 29.3 Å². The molecule has 0 atom stereocenters. The van der Waals surface area contributed by atoms with Crippen molar-refractivity contribution in [3.8, 4) is 0 Å². The predicted molar refractivity (Wildman–Crippen MR) is 218 cm³/mol. The SMILES string of the molecule is CC(=O)C1CC1.CCCCC(C)=O.CCc1ccccc1.CCc1ccccc1.O=C(O)Cc1ccc(C(=O)C2CC2)cc1.O=C(O)Cc1ccccc1. The van der Waals surface area contributed by atoms with E-state index in [1.165, 1.54) is 11.1 Å². The molecule has 0 radical (unpaired) electrons. The first-order chi connectivity index (χ1) is 25.9. The number of carbonyl (C=O) groups is 5. The monoisotopic (exact) mass is 736 g/mol. The summed E-state index contributed by atoms with van der Waals surface area (Å²) in [4.78, 5) is 52.6. The van der Waals surface area contributed by atoms with Gasteiger partial charge in [0.2, 0.25) is 0 Å². The molecule has 2 aliphatic carbocycles.